The Morgan fingerprint density at radius 2 is 2.00 bits per heavy atom. The van der Waals surface area contributed by atoms with Gasteiger partial charge in [-0.15, -0.1) is 16.4 Å². The molecule has 1 atom stereocenters. The molecule has 0 saturated carbocycles. The van der Waals surface area contributed by atoms with Crippen LogP contribution in [0.1, 0.15) is 17.3 Å². The number of benzene rings is 1. The van der Waals surface area contributed by atoms with Gasteiger partial charge < -0.3 is 4.74 Å². The van der Waals surface area contributed by atoms with Gasteiger partial charge in [0.2, 0.25) is 10.0 Å². The standard InChI is InChI=1S/C22H22N6O5S2/c1-33-18-6-4-15(5-7-18)11-19(22(29)26-30)28-14-17(25-27-28)13-24-35(31,32)21-9-8-20(34-21)16-3-2-10-23-12-16/h2-10,12,14,19,24,30H,11,13H2,1H3,(H,26,29). The van der Waals surface area contributed by atoms with Crippen LogP contribution in [0.15, 0.2) is 71.3 Å². The first-order valence-electron chi connectivity index (χ1n) is 10.4. The van der Waals surface area contributed by atoms with Crippen LogP contribution in [0.25, 0.3) is 10.4 Å². The van der Waals surface area contributed by atoms with Crippen molar-refractivity contribution < 1.29 is 23.2 Å². The van der Waals surface area contributed by atoms with E-state index in [9.17, 15) is 18.4 Å². The molecular formula is C22H22N6O5S2. The van der Waals surface area contributed by atoms with E-state index in [2.05, 4.69) is 20.0 Å². The van der Waals surface area contributed by atoms with Crippen LogP contribution in [0.2, 0.25) is 0 Å². The van der Waals surface area contributed by atoms with Gasteiger partial charge in [-0.3, -0.25) is 15.0 Å². The lowest BCUT2D eigenvalue weighted by atomic mass is 10.1. The van der Waals surface area contributed by atoms with Crippen LogP contribution in [0.4, 0.5) is 0 Å². The Kier molecular flexibility index (Phi) is 7.51. The lowest BCUT2D eigenvalue weighted by molar-refractivity contribution is -0.133. The zero-order valence-electron chi connectivity index (χ0n) is 18.5. The van der Waals surface area contributed by atoms with E-state index in [4.69, 9.17) is 4.74 Å². The number of carbonyl (C=O) groups excluding carboxylic acids is 1. The Hall–Kier alpha value is -3.65. The molecule has 3 heterocycles. The van der Waals surface area contributed by atoms with Crippen molar-refractivity contribution in [1.82, 2.24) is 30.2 Å². The number of aromatic nitrogens is 4. The third-order valence-corrected chi connectivity index (χ3v) is 8.14. The third-order valence-electron chi connectivity index (χ3n) is 5.11. The molecular weight excluding hydrogens is 492 g/mol. The van der Waals surface area contributed by atoms with E-state index >= 15 is 0 Å². The van der Waals surface area contributed by atoms with Crippen molar-refractivity contribution in [2.24, 2.45) is 0 Å². The van der Waals surface area contributed by atoms with Crippen molar-refractivity contribution in [3.05, 3.63) is 78.4 Å². The first-order valence-corrected chi connectivity index (χ1v) is 12.7. The van der Waals surface area contributed by atoms with E-state index in [1.807, 2.05) is 6.07 Å². The molecule has 0 saturated heterocycles. The first-order chi connectivity index (χ1) is 16.9. The molecule has 0 fully saturated rings. The highest BCUT2D eigenvalue weighted by Crippen LogP contribution is 2.30. The van der Waals surface area contributed by atoms with Crippen molar-refractivity contribution in [2.45, 2.75) is 23.2 Å². The van der Waals surface area contributed by atoms with E-state index in [1.165, 1.54) is 16.9 Å². The second kappa shape index (κ2) is 10.7. The third kappa shape index (κ3) is 5.89. The highest BCUT2D eigenvalue weighted by Gasteiger charge is 2.23. The molecule has 0 aliphatic rings. The van der Waals surface area contributed by atoms with Crippen LogP contribution in [0.3, 0.4) is 0 Å². The predicted octanol–water partition coefficient (Wildman–Crippen LogP) is 2.18. The van der Waals surface area contributed by atoms with E-state index < -0.39 is 22.0 Å². The number of amides is 1. The Bertz CT molecular complexity index is 1390. The summed E-state index contributed by atoms with van der Waals surface area (Å²) >= 11 is 1.13. The van der Waals surface area contributed by atoms with Gasteiger partial charge in [0.15, 0.2) is 0 Å². The zero-order valence-corrected chi connectivity index (χ0v) is 20.2. The largest absolute Gasteiger partial charge is 0.497 e. The number of hydroxylamine groups is 1. The van der Waals surface area contributed by atoms with Crippen LogP contribution in [-0.2, 0) is 27.8 Å². The summed E-state index contributed by atoms with van der Waals surface area (Å²) < 4.78 is 34.6. The first kappa shape index (κ1) is 24.5. The lowest BCUT2D eigenvalue weighted by Crippen LogP contribution is -2.32. The van der Waals surface area contributed by atoms with Crippen LogP contribution in [0.5, 0.6) is 5.75 Å². The molecule has 4 rings (SSSR count). The Labute approximate surface area is 205 Å². The Balaban J connectivity index is 1.45. The molecule has 11 nitrogen and oxygen atoms in total. The SMILES string of the molecule is COc1ccc(CC(C(=O)NO)n2cc(CNS(=O)(=O)c3ccc(-c4cccnc4)s3)nn2)cc1. The van der Waals surface area contributed by atoms with Crippen LogP contribution < -0.4 is 14.9 Å². The lowest BCUT2D eigenvalue weighted by Gasteiger charge is -2.15. The average Bonchev–Trinajstić information content (AvgIpc) is 3.57. The van der Waals surface area contributed by atoms with Crippen LogP contribution >= 0.6 is 11.3 Å². The van der Waals surface area contributed by atoms with Crippen molar-refractivity contribution in [2.75, 3.05) is 7.11 Å². The number of methoxy groups -OCH3 is 1. The topological polar surface area (TPSA) is 148 Å². The molecule has 0 radical (unpaired) electrons. The summed E-state index contributed by atoms with van der Waals surface area (Å²) in [6.45, 7) is -0.127. The number of hydrogen-bond donors (Lipinski definition) is 3. The molecule has 4 aromatic rings. The fourth-order valence-electron chi connectivity index (χ4n) is 3.28. The molecule has 0 spiro atoms. The zero-order chi connectivity index (χ0) is 24.8. The van der Waals surface area contributed by atoms with Gasteiger partial charge in [-0.25, -0.2) is 23.3 Å². The molecule has 35 heavy (non-hydrogen) atoms. The molecule has 0 aliphatic carbocycles. The monoisotopic (exact) mass is 514 g/mol. The summed E-state index contributed by atoms with van der Waals surface area (Å²) in [6, 6.07) is 13.1. The van der Waals surface area contributed by atoms with Crippen LogP contribution in [0, 0.1) is 0 Å². The number of rotatable bonds is 10. The summed E-state index contributed by atoms with van der Waals surface area (Å²) in [5.74, 6) is -0.00935. The maximum Gasteiger partial charge on any atom is 0.268 e. The highest BCUT2D eigenvalue weighted by atomic mass is 32.2. The molecule has 1 aromatic carbocycles. The number of pyridine rings is 1. The summed E-state index contributed by atoms with van der Waals surface area (Å²) in [6.07, 6.45) is 4.99. The summed E-state index contributed by atoms with van der Waals surface area (Å²) in [5.41, 5.74) is 3.58. The van der Waals surface area contributed by atoms with Gasteiger partial charge in [0.05, 0.1) is 25.5 Å². The maximum atomic E-state index is 12.8. The van der Waals surface area contributed by atoms with Crippen LogP contribution in [-0.4, -0.2) is 46.6 Å². The van der Waals surface area contributed by atoms with E-state index in [-0.39, 0.29) is 17.2 Å². The second-order valence-corrected chi connectivity index (χ2v) is 10.5. The molecule has 1 unspecified atom stereocenters. The van der Waals surface area contributed by atoms with Gasteiger partial charge in [-0.1, -0.05) is 23.4 Å². The molecule has 182 valence electrons. The van der Waals surface area contributed by atoms with Gasteiger partial charge in [0.1, 0.15) is 16.0 Å². The van der Waals surface area contributed by atoms with Crippen molar-refractivity contribution in [3.63, 3.8) is 0 Å². The minimum Gasteiger partial charge on any atom is -0.497 e. The predicted molar refractivity (Wildman–Crippen MR) is 127 cm³/mol. The van der Waals surface area contributed by atoms with Gasteiger partial charge in [-0.05, 0) is 35.9 Å². The minimum absolute atomic E-state index is 0.127. The quantitative estimate of drug-likeness (QED) is 0.215. The molecule has 0 aliphatic heterocycles. The highest BCUT2D eigenvalue weighted by molar-refractivity contribution is 7.91. The summed E-state index contributed by atoms with van der Waals surface area (Å²) in [7, 11) is -2.24. The van der Waals surface area contributed by atoms with Gasteiger partial charge in [0, 0.05) is 29.3 Å². The normalized spacial score (nSPS) is 12.3. The molecule has 3 N–H and O–H groups in total. The van der Waals surface area contributed by atoms with E-state index in [0.29, 0.717) is 11.4 Å². The summed E-state index contributed by atoms with van der Waals surface area (Å²) in [4.78, 5) is 17.1. The number of thiophene rings is 1. The minimum atomic E-state index is -3.79. The van der Waals surface area contributed by atoms with Crippen molar-refractivity contribution in [1.29, 1.82) is 0 Å². The van der Waals surface area contributed by atoms with E-state index in [1.54, 1.807) is 61.4 Å². The van der Waals surface area contributed by atoms with Crippen molar-refractivity contribution >= 4 is 27.3 Å². The molecule has 13 heteroatoms. The molecule has 1 amide bonds. The molecule has 0 bridgehead atoms. The van der Waals surface area contributed by atoms with Gasteiger partial charge in [0.25, 0.3) is 5.91 Å². The fraction of sp³-hybridized carbons (Fsp3) is 0.182. The number of nitrogens with one attached hydrogen (secondary N) is 2. The Morgan fingerprint density at radius 3 is 2.69 bits per heavy atom. The van der Waals surface area contributed by atoms with Crippen molar-refractivity contribution in [3.8, 4) is 16.2 Å². The number of nitrogens with zero attached hydrogens (tertiary/aromatic N) is 4. The van der Waals surface area contributed by atoms with E-state index in [0.717, 1.165) is 27.3 Å². The maximum absolute atomic E-state index is 12.8. The molecule has 3 aromatic heterocycles. The average molecular weight is 515 g/mol. The Morgan fingerprint density at radius 1 is 1.20 bits per heavy atom. The number of hydrogen-bond acceptors (Lipinski definition) is 9. The second-order valence-electron chi connectivity index (χ2n) is 7.42. The van der Waals surface area contributed by atoms with Gasteiger partial charge in [-0.2, -0.15) is 0 Å². The smallest absolute Gasteiger partial charge is 0.268 e. The fourth-order valence-corrected chi connectivity index (χ4v) is 5.62. The summed E-state index contributed by atoms with van der Waals surface area (Å²) in [5, 5.41) is 17.1. The number of ether oxygens (including phenoxy) is 1. The van der Waals surface area contributed by atoms with Gasteiger partial charge >= 0.3 is 0 Å². The number of carbonyl (C=O) groups is 1. The number of sulfonamides is 1.